The third kappa shape index (κ3) is 236. The standard InChI is InChI=1S/2CH4O.Cl2O.V/c2*1-2;1-3-2;/h2*2H,1H3;;. The smallest absolute Gasteiger partial charge is 0.0832 e. The average Bonchev–Trinajstić information content (AvgIpc) is 1.78. The molecule has 0 saturated carbocycles. The van der Waals surface area contributed by atoms with Crippen LogP contribution in [-0.2, 0) is 22.4 Å². The Bertz CT molecular complexity index is 15.2. The van der Waals surface area contributed by atoms with Crippen molar-refractivity contribution in [3.8, 4) is 0 Å². The van der Waals surface area contributed by atoms with Crippen LogP contribution in [0.3, 0.4) is 0 Å². The van der Waals surface area contributed by atoms with E-state index in [9.17, 15) is 0 Å². The molecule has 0 spiro atoms. The van der Waals surface area contributed by atoms with Crippen LogP contribution in [0.1, 0.15) is 0 Å². The zero-order chi connectivity index (χ0) is 6.71. The fourth-order valence-electron chi connectivity index (χ4n) is 0. The van der Waals surface area contributed by atoms with Crippen LogP contribution < -0.4 is 0 Å². The molecule has 0 bridgehead atoms. The van der Waals surface area contributed by atoms with Gasteiger partial charge < -0.3 is 10.2 Å². The van der Waals surface area contributed by atoms with E-state index in [0.717, 1.165) is 14.2 Å². The van der Waals surface area contributed by atoms with E-state index >= 15 is 0 Å². The summed E-state index contributed by atoms with van der Waals surface area (Å²) >= 11 is 8.53. The monoisotopic (exact) mass is 201 g/mol. The molecule has 0 unspecified atom stereocenters. The van der Waals surface area contributed by atoms with E-state index in [4.69, 9.17) is 10.2 Å². The molecule has 0 saturated heterocycles. The van der Waals surface area contributed by atoms with E-state index < -0.39 is 0 Å². The van der Waals surface area contributed by atoms with E-state index in [0.29, 0.717) is 0 Å². The fraction of sp³-hybridized carbons (Fsp3) is 1.00. The molecular formula is C2H8Cl2O3V. The summed E-state index contributed by atoms with van der Waals surface area (Å²) in [6.45, 7) is 0. The maximum atomic E-state index is 7.00. The van der Waals surface area contributed by atoms with Crippen molar-refractivity contribution in [3.63, 3.8) is 0 Å². The van der Waals surface area contributed by atoms with E-state index in [1.807, 2.05) is 0 Å². The average molecular weight is 202 g/mol. The molecule has 0 fully saturated rings. The Balaban J connectivity index is -0.0000000147. The molecule has 53 valence electrons. The van der Waals surface area contributed by atoms with Crippen molar-refractivity contribution in [2.45, 2.75) is 0 Å². The van der Waals surface area contributed by atoms with Crippen molar-refractivity contribution in [3.05, 3.63) is 0 Å². The second kappa shape index (κ2) is 95.5. The summed E-state index contributed by atoms with van der Waals surface area (Å²) in [5, 5.41) is 14.0. The maximum Gasteiger partial charge on any atom is 0.0832 e. The number of aliphatic hydroxyl groups is 2. The van der Waals surface area contributed by atoms with Crippen molar-refractivity contribution < 1.29 is 32.6 Å². The van der Waals surface area contributed by atoms with Crippen molar-refractivity contribution in [1.29, 1.82) is 0 Å². The van der Waals surface area contributed by atoms with Crippen molar-refractivity contribution >= 4 is 23.7 Å². The molecule has 0 aliphatic heterocycles. The number of halogens is 2. The Morgan fingerprint density at radius 2 is 1.00 bits per heavy atom. The molecule has 8 heavy (non-hydrogen) atoms. The Labute approximate surface area is 70.8 Å². The van der Waals surface area contributed by atoms with E-state index in [1.54, 1.807) is 0 Å². The summed E-state index contributed by atoms with van der Waals surface area (Å²) in [4.78, 5) is 0. The first-order chi connectivity index (χ1) is 3.41. The van der Waals surface area contributed by atoms with E-state index in [-0.39, 0.29) is 18.6 Å². The van der Waals surface area contributed by atoms with Gasteiger partial charge in [-0.05, 0) is 0 Å². The molecule has 6 heteroatoms. The van der Waals surface area contributed by atoms with Gasteiger partial charge in [0.25, 0.3) is 0 Å². The SMILES string of the molecule is CO.CO.ClOCl.[V]. The van der Waals surface area contributed by atoms with E-state index in [2.05, 4.69) is 27.6 Å². The van der Waals surface area contributed by atoms with Gasteiger partial charge in [0.15, 0.2) is 0 Å². The molecule has 0 aliphatic carbocycles. The minimum atomic E-state index is 0. The topological polar surface area (TPSA) is 49.7 Å². The van der Waals surface area contributed by atoms with Gasteiger partial charge >= 0.3 is 0 Å². The Hall–Kier alpha value is 1.04. The molecule has 0 heterocycles. The van der Waals surface area contributed by atoms with Crippen LogP contribution in [0.15, 0.2) is 0 Å². The normalized spacial score (nSPS) is 3.75. The first-order valence-electron chi connectivity index (χ1n) is 1.20. The third-order valence-corrected chi connectivity index (χ3v) is 0. The van der Waals surface area contributed by atoms with Crippen molar-refractivity contribution in [2.24, 2.45) is 0 Å². The molecule has 0 amide bonds. The van der Waals surface area contributed by atoms with Crippen LogP contribution in [0.2, 0.25) is 0 Å². The Kier molecular flexibility index (Phi) is 275. The van der Waals surface area contributed by atoms with Gasteiger partial charge in [-0.1, -0.05) is 0 Å². The van der Waals surface area contributed by atoms with Gasteiger partial charge in [0.1, 0.15) is 0 Å². The van der Waals surface area contributed by atoms with Crippen LogP contribution in [0.5, 0.6) is 0 Å². The zero-order valence-corrected chi connectivity index (χ0v) is 7.41. The predicted molar refractivity (Wildman–Crippen MR) is 29.1 cm³/mol. The molecule has 0 rings (SSSR count). The zero-order valence-electron chi connectivity index (χ0n) is 4.51. The molecule has 0 aromatic rings. The molecule has 0 atom stereocenters. The first kappa shape index (κ1) is 23.0. The van der Waals surface area contributed by atoms with Gasteiger partial charge in [0, 0.05) is 32.8 Å². The molecule has 0 aromatic heterocycles. The Morgan fingerprint density at radius 3 is 1.00 bits per heavy atom. The number of hydrogen-bond acceptors (Lipinski definition) is 3. The minimum Gasteiger partial charge on any atom is -0.400 e. The molecular weight excluding hydrogens is 194 g/mol. The first-order valence-corrected chi connectivity index (χ1v) is 1.82. The molecule has 2 N–H and O–H groups in total. The van der Waals surface area contributed by atoms with Crippen LogP contribution >= 0.6 is 23.7 Å². The van der Waals surface area contributed by atoms with Gasteiger partial charge in [-0.2, -0.15) is 3.84 Å². The van der Waals surface area contributed by atoms with Crippen LogP contribution in [-0.4, -0.2) is 24.4 Å². The molecule has 0 aromatic carbocycles. The second-order valence-electron chi connectivity index (χ2n) is 0.0583. The predicted octanol–water partition coefficient (Wildman–Crippen LogP) is 0.525. The second-order valence-corrected chi connectivity index (χ2v) is 0.525. The molecule has 0 aliphatic rings. The van der Waals surface area contributed by atoms with Crippen molar-refractivity contribution in [1.82, 2.24) is 0 Å². The van der Waals surface area contributed by atoms with E-state index in [1.165, 1.54) is 0 Å². The largest absolute Gasteiger partial charge is 0.400 e. The van der Waals surface area contributed by atoms with Crippen LogP contribution in [0.25, 0.3) is 0 Å². The number of hydrogen-bond donors (Lipinski definition) is 2. The number of aliphatic hydroxyl groups excluding tert-OH is 2. The Morgan fingerprint density at radius 1 is 1.00 bits per heavy atom. The summed E-state index contributed by atoms with van der Waals surface area (Å²) in [5.74, 6) is 0. The summed E-state index contributed by atoms with van der Waals surface area (Å²) < 4.78 is 3.19. The number of rotatable bonds is 0. The summed E-state index contributed by atoms with van der Waals surface area (Å²) in [6.07, 6.45) is 0. The quantitative estimate of drug-likeness (QED) is 0.602. The fourth-order valence-corrected chi connectivity index (χ4v) is 0. The summed E-state index contributed by atoms with van der Waals surface area (Å²) in [7, 11) is 2.00. The maximum absolute atomic E-state index is 7.00. The summed E-state index contributed by atoms with van der Waals surface area (Å²) in [6, 6.07) is 0. The minimum absolute atomic E-state index is 0. The van der Waals surface area contributed by atoms with Crippen molar-refractivity contribution in [2.75, 3.05) is 14.2 Å². The van der Waals surface area contributed by atoms with Gasteiger partial charge in [0.2, 0.25) is 0 Å². The van der Waals surface area contributed by atoms with Gasteiger partial charge in [-0.25, -0.2) is 0 Å². The molecule has 1 radical (unpaired) electrons. The van der Waals surface area contributed by atoms with Gasteiger partial charge in [0.05, 0.1) is 23.7 Å². The molecule has 3 nitrogen and oxygen atoms in total. The van der Waals surface area contributed by atoms with Gasteiger partial charge in [-0.3, -0.25) is 0 Å². The van der Waals surface area contributed by atoms with Crippen LogP contribution in [0, 0.1) is 0 Å². The third-order valence-electron chi connectivity index (χ3n) is 0. The summed E-state index contributed by atoms with van der Waals surface area (Å²) in [5.41, 5.74) is 0. The van der Waals surface area contributed by atoms with Gasteiger partial charge in [-0.15, -0.1) is 0 Å². The van der Waals surface area contributed by atoms with Crippen LogP contribution in [0.4, 0.5) is 0 Å².